The summed E-state index contributed by atoms with van der Waals surface area (Å²) in [5.74, 6) is -1.15. The summed E-state index contributed by atoms with van der Waals surface area (Å²) < 4.78 is 47.9. The first-order chi connectivity index (χ1) is 13.0. The zero-order valence-electron chi connectivity index (χ0n) is 16.4. The number of carbonyl (C=O) groups excluding carboxylic acids is 1. The Morgan fingerprint density at radius 3 is 2.07 bits per heavy atom. The summed E-state index contributed by atoms with van der Waals surface area (Å²) in [6, 6.07) is 11.7. The molecule has 0 unspecified atom stereocenters. The van der Waals surface area contributed by atoms with Gasteiger partial charge in [-0.2, -0.15) is 0 Å². The minimum atomic E-state index is -3.37. The fraction of sp³-hybridized carbons (Fsp3) is 0.286. The van der Waals surface area contributed by atoms with Gasteiger partial charge in [0, 0.05) is 18.9 Å². The second-order valence-corrected chi connectivity index (χ2v) is 8.78. The zero-order chi connectivity index (χ0) is 21.1. The van der Waals surface area contributed by atoms with Gasteiger partial charge in [-0.25, -0.2) is 17.6 Å². The number of rotatable bonds is 6. The highest BCUT2D eigenvalue weighted by Crippen LogP contribution is 2.38. The lowest BCUT2D eigenvalue weighted by atomic mass is 9.84. The lowest BCUT2D eigenvalue weighted by molar-refractivity contribution is -0.133. The molecule has 0 spiro atoms. The number of sulfone groups is 1. The second kappa shape index (κ2) is 8.24. The summed E-state index contributed by atoms with van der Waals surface area (Å²) >= 11 is 0. The summed E-state index contributed by atoms with van der Waals surface area (Å²) in [6.45, 7) is 3.52. The van der Waals surface area contributed by atoms with Crippen LogP contribution >= 0.6 is 0 Å². The fourth-order valence-corrected chi connectivity index (χ4v) is 3.50. The molecule has 2 rings (SSSR count). The molecule has 0 aromatic heterocycles. The van der Waals surface area contributed by atoms with Crippen LogP contribution in [0.1, 0.15) is 25.0 Å². The molecule has 5 nitrogen and oxygen atoms in total. The smallest absolute Gasteiger partial charge is 0.338 e. The predicted octanol–water partition coefficient (Wildman–Crippen LogP) is 3.74. The SMILES string of the molecule is COC(=O)/C(=C(/c1ccc(S(C)(=O)=O)cc1)C(C)(C)OC)c1cccc(F)c1. The first-order valence-corrected chi connectivity index (χ1v) is 10.3. The minimum absolute atomic E-state index is 0.140. The molecule has 0 fully saturated rings. The molecular weight excluding hydrogens is 383 g/mol. The minimum Gasteiger partial charge on any atom is -0.465 e. The Morgan fingerprint density at radius 1 is 1.00 bits per heavy atom. The van der Waals surface area contributed by atoms with Gasteiger partial charge in [-0.05, 0) is 49.2 Å². The molecule has 150 valence electrons. The number of ether oxygens (including phenoxy) is 2. The van der Waals surface area contributed by atoms with E-state index in [0.29, 0.717) is 16.7 Å². The summed E-state index contributed by atoms with van der Waals surface area (Å²) in [7, 11) is -0.641. The van der Waals surface area contributed by atoms with Gasteiger partial charge >= 0.3 is 5.97 Å². The van der Waals surface area contributed by atoms with Crippen molar-refractivity contribution in [1.29, 1.82) is 0 Å². The summed E-state index contributed by atoms with van der Waals surface area (Å²) in [4.78, 5) is 12.8. The highest BCUT2D eigenvalue weighted by molar-refractivity contribution is 7.90. The van der Waals surface area contributed by atoms with Crippen LogP contribution in [0.25, 0.3) is 11.1 Å². The molecule has 2 aromatic rings. The van der Waals surface area contributed by atoms with Gasteiger partial charge in [0.1, 0.15) is 5.82 Å². The van der Waals surface area contributed by atoms with Crippen molar-refractivity contribution in [3.63, 3.8) is 0 Å². The third kappa shape index (κ3) is 4.66. The number of carbonyl (C=O) groups is 1. The Bertz CT molecular complexity index is 1010. The highest BCUT2D eigenvalue weighted by atomic mass is 32.2. The van der Waals surface area contributed by atoms with Crippen LogP contribution in [0.4, 0.5) is 4.39 Å². The molecule has 0 aliphatic rings. The standard InChI is InChI=1S/C21H23FO5S/c1-21(2,27-4)19(14-9-11-17(12-10-14)28(5,24)25)18(20(23)26-3)15-7-6-8-16(22)13-15/h6-13H,1-5H3/b19-18-. The van der Waals surface area contributed by atoms with Crippen LogP contribution in [-0.2, 0) is 24.1 Å². The summed E-state index contributed by atoms with van der Waals surface area (Å²) in [6.07, 6.45) is 1.12. The molecular formula is C21H23FO5S. The predicted molar refractivity (Wildman–Crippen MR) is 106 cm³/mol. The summed E-state index contributed by atoms with van der Waals surface area (Å²) in [5, 5.41) is 0. The highest BCUT2D eigenvalue weighted by Gasteiger charge is 2.32. The number of hydrogen-bond donors (Lipinski definition) is 0. The quantitative estimate of drug-likeness (QED) is 0.415. The Morgan fingerprint density at radius 2 is 1.61 bits per heavy atom. The Labute approximate surface area is 164 Å². The second-order valence-electron chi connectivity index (χ2n) is 6.76. The number of methoxy groups -OCH3 is 2. The lowest BCUT2D eigenvalue weighted by Crippen LogP contribution is -2.27. The van der Waals surface area contributed by atoms with E-state index in [0.717, 1.165) is 6.26 Å². The van der Waals surface area contributed by atoms with Crippen molar-refractivity contribution in [2.45, 2.75) is 24.3 Å². The maximum Gasteiger partial charge on any atom is 0.338 e. The van der Waals surface area contributed by atoms with Crippen LogP contribution in [0.2, 0.25) is 0 Å². The van der Waals surface area contributed by atoms with Gasteiger partial charge in [0.25, 0.3) is 0 Å². The maximum atomic E-state index is 13.9. The van der Waals surface area contributed by atoms with Crippen LogP contribution in [0, 0.1) is 5.82 Å². The Hall–Kier alpha value is -2.51. The number of hydrogen-bond acceptors (Lipinski definition) is 5. The largest absolute Gasteiger partial charge is 0.465 e. The van der Waals surface area contributed by atoms with Crippen LogP contribution in [-0.4, -0.2) is 40.5 Å². The van der Waals surface area contributed by atoms with Crippen LogP contribution in [0.3, 0.4) is 0 Å². The van der Waals surface area contributed by atoms with Crippen LogP contribution < -0.4 is 0 Å². The van der Waals surface area contributed by atoms with Crippen molar-refractivity contribution in [3.05, 3.63) is 65.5 Å². The average Bonchev–Trinajstić information content (AvgIpc) is 2.64. The first kappa shape index (κ1) is 21.8. The number of halogens is 1. The Kier molecular flexibility index (Phi) is 6.41. The van der Waals surface area contributed by atoms with Crippen molar-refractivity contribution < 1.29 is 27.1 Å². The van der Waals surface area contributed by atoms with E-state index in [1.807, 2.05) is 0 Å². The van der Waals surface area contributed by atoms with E-state index >= 15 is 0 Å². The summed E-state index contributed by atoms with van der Waals surface area (Å²) in [5.41, 5.74) is 0.527. The van der Waals surface area contributed by atoms with Crippen LogP contribution in [0.15, 0.2) is 53.4 Å². The average molecular weight is 406 g/mol. The van der Waals surface area contributed by atoms with Gasteiger partial charge in [-0.15, -0.1) is 0 Å². The molecule has 0 amide bonds. The molecule has 0 atom stereocenters. The molecule has 0 heterocycles. The third-order valence-electron chi connectivity index (χ3n) is 4.44. The molecule has 7 heteroatoms. The van der Waals surface area contributed by atoms with E-state index in [1.165, 1.54) is 44.6 Å². The molecule has 0 saturated heterocycles. The monoisotopic (exact) mass is 406 g/mol. The molecule has 0 saturated carbocycles. The van der Waals surface area contributed by atoms with E-state index in [9.17, 15) is 17.6 Å². The van der Waals surface area contributed by atoms with Gasteiger partial charge < -0.3 is 9.47 Å². The molecule has 2 aromatic carbocycles. The van der Waals surface area contributed by atoms with Crippen molar-refractivity contribution in [2.24, 2.45) is 0 Å². The molecule has 0 aliphatic carbocycles. The molecule has 0 radical (unpaired) electrons. The molecule has 0 N–H and O–H groups in total. The molecule has 0 aliphatic heterocycles. The van der Waals surface area contributed by atoms with E-state index in [2.05, 4.69) is 0 Å². The third-order valence-corrected chi connectivity index (χ3v) is 5.56. The lowest BCUT2D eigenvalue weighted by Gasteiger charge is -2.29. The van der Waals surface area contributed by atoms with E-state index in [-0.39, 0.29) is 10.5 Å². The Balaban J connectivity index is 2.87. The van der Waals surface area contributed by atoms with E-state index in [1.54, 1.807) is 32.0 Å². The van der Waals surface area contributed by atoms with Gasteiger partial charge in [0.05, 0.1) is 23.2 Å². The maximum absolute atomic E-state index is 13.9. The topological polar surface area (TPSA) is 69.7 Å². The molecule has 28 heavy (non-hydrogen) atoms. The normalized spacial score (nSPS) is 13.1. The zero-order valence-corrected chi connectivity index (χ0v) is 17.3. The number of benzene rings is 2. The van der Waals surface area contributed by atoms with Crippen molar-refractivity contribution in [2.75, 3.05) is 20.5 Å². The van der Waals surface area contributed by atoms with Crippen LogP contribution in [0.5, 0.6) is 0 Å². The van der Waals surface area contributed by atoms with Gasteiger partial charge in [0.2, 0.25) is 0 Å². The fourth-order valence-electron chi connectivity index (χ4n) is 2.87. The van der Waals surface area contributed by atoms with Crippen molar-refractivity contribution in [3.8, 4) is 0 Å². The van der Waals surface area contributed by atoms with E-state index in [4.69, 9.17) is 9.47 Å². The van der Waals surface area contributed by atoms with Crippen molar-refractivity contribution in [1.82, 2.24) is 0 Å². The first-order valence-electron chi connectivity index (χ1n) is 8.46. The van der Waals surface area contributed by atoms with Gasteiger partial charge in [-0.3, -0.25) is 0 Å². The van der Waals surface area contributed by atoms with Crippen molar-refractivity contribution >= 4 is 27.0 Å². The molecule has 0 bridgehead atoms. The van der Waals surface area contributed by atoms with E-state index < -0.39 is 27.2 Å². The number of esters is 1. The van der Waals surface area contributed by atoms with Gasteiger partial charge in [-0.1, -0.05) is 24.3 Å². The van der Waals surface area contributed by atoms with Gasteiger partial charge in [0.15, 0.2) is 9.84 Å².